The number of benzene rings is 2. The fourth-order valence-corrected chi connectivity index (χ4v) is 5.75. The van der Waals surface area contributed by atoms with Crippen molar-refractivity contribution in [2.45, 2.75) is 36.5 Å². The predicted molar refractivity (Wildman–Crippen MR) is 112 cm³/mol. The summed E-state index contributed by atoms with van der Waals surface area (Å²) < 4.78 is 0. The van der Waals surface area contributed by atoms with Crippen molar-refractivity contribution in [3.05, 3.63) is 74.8 Å². The molecular weight excluding hydrogens is 396 g/mol. The fraction of sp³-hybridized carbons (Fsp3) is 0.381. The van der Waals surface area contributed by atoms with Crippen LogP contribution in [0, 0.1) is 10.1 Å². The molecule has 28 heavy (non-hydrogen) atoms. The van der Waals surface area contributed by atoms with E-state index in [4.69, 9.17) is 11.6 Å². The van der Waals surface area contributed by atoms with Gasteiger partial charge in [-0.15, -0.1) is 11.8 Å². The van der Waals surface area contributed by atoms with Gasteiger partial charge >= 0.3 is 0 Å². The highest BCUT2D eigenvalue weighted by molar-refractivity contribution is 7.99. The van der Waals surface area contributed by atoms with E-state index >= 15 is 0 Å². The Hall–Kier alpha value is -2.05. The molecule has 1 aliphatic carbocycles. The van der Waals surface area contributed by atoms with Crippen LogP contribution in [0.25, 0.3) is 0 Å². The lowest BCUT2D eigenvalue weighted by atomic mass is 9.77. The maximum absolute atomic E-state index is 13.8. The van der Waals surface area contributed by atoms with Crippen LogP contribution in [0.15, 0.2) is 48.5 Å². The summed E-state index contributed by atoms with van der Waals surface area (Å²) in [5.74, 6) is 1.03. The van der Waals surface area contributed by atoms with Gasteiger partial charge in [0.15, 0.2) is 0 Å². The zero-order valence-corrected chi connectivity index (χ0v) is 16.9. The summed E-state index contributed by atoms with van der Waals surface area (Å²) in [7, 11) is 0. The SMILES string of the molecule is O=C(N1CCSC1c1ccc([N+](=O)[O-])cc1)C1(c2ccc(Cl)cc2)CCCC1. The third-order valence-electron chi connectivity index (χ3n) is 5.80. The van der Waals surface area contributed by atoms with Crippen molar-refractivity contribution >= 4 is 35.0 Å². The number of carbonyl (C=O) groups is 1. The van der Waals surface area contributed by atoms with E-state index < -0.39 is 10.3 Å². The molecule has 1 unspecified atom stereocenters. The molecule has 0 aromatic heterocycles. The molecule has 2 aliphatic rings. The highest BCUT2D eigenvalue weighted by Gasteiger charge is 2.47. The molecule has 2 aromatic carbocycles. The van der Waals surface area contributed by atoms with Crippen LogP contribution < -0.4 is 0 Å². The van der Waals surface area contributed by atoms with E-state index in [9.17, 15) is 14.9 Å². The van der Waals surface area contributed by atoms with Gasteiger partial charge < -0.3 is 4.90 Å². The first-order chi connectivity index (χ1) is 13.5. The Kier molecular flexibility index (Phi) is 5.34. The van der Waals surface area contributed by atoms with E-state index in [1.54, 1.807) is 23.9 Å². The molecule has 0 spiro atoms. The number of thioether (sulfide) groups is 1. The van der Waals surface area contributed by atoms with E-state index in [1.165, 1.54) is 12.1 Å². The average molecular weight is 417 g/mol. The summed E-state index contributed by atoms with van der Waals surface area (Å²) in [6.07, 6.45) is 3.78. The number of nitrogens with zero attached hydrogens (tertiary/aromatic N) is 2. The number of nitro benzene ring substituents is 1. The van der Waals surface area contributed by atoms with Crippen LogP contribution in [0.1, 0.15) is 42.2 Å². The van der Waals surface area contributed by atoms with Crippen LogP contribution in [0.4, 0.5) is 5.69 Å². The number of amides is 1. The summed E-state index contributed by atoms with van der Waals surface area (Å²) >= 11 is 7.78. The lowest BCUT2D eigenvalue weighted by Gasteiger charge is -2.35. The van der Waals surface area contributed by atoms with E-state index in [0.717, 1.165) is 42.6 Å². The monoisotopic (exact) mass is 416 g/mol. The number of nitro groups is 1. The number of hydrogen-bond donors (Lipinski definition) is 0. The van der Waals surface area contributed by atoms with Crippen LogP contribution in [-0.4, -0.2) is 28.0 Å². The summed E-state index contributed by atoms with van der Waals surface area (Å²) in [5, 5.41) is 11.5. The third-order valence-corrected chi connectivity index (χ3v) is 7.32. The second-order valence-corrected chi connectivity index (χ2v) is 8.99. The largest absolute Gasteiger partial charge is 0.325 e. The van der Waals surface area contributed by atoms with Gasteiger partial charge in [0.05, 0.1) is 10.3 Å². The van der Waals surface area contributed by atoms with E-state index in [2.05, 4.69) is 0 Å². The smallest absolute Gasteiger partial charge is 0.269 e. The molecule has 1 saturated carbocycles. The van der Waals surface area contributed by atoms with Crippen LogP contribution >= 0.6 is 23.4 Å². The van der Waals surface area contributed by atoms with Gasteiger partial charge in [-0.3, -0.25) is 14.9 Å². The standard InChI is InChI=1S/C21H21ClN2O3S/c22-17-7-5-16(6-8-17)21(11-1-2-12-21)20(25)23-13-14-28-19(23)15-3-9-18(10-4-15)24(26)27/h3-10,19H,1-2,11-14H2. The number of carbonyl (C=O) groups excluding carboxylic acids is 1. The Morgan fingerprint density at radius 2 is 1.75 bits per heavy atom. The van der Waals surface area contributed by atoms with Gasteiger partial charge in [-0.25, -0.2) is 0 Å². The summed E-state index contributed by atoms with van der Waals surface area (Å²) in [6, 6.07) is 14.2. The van der Waals surface area contributed by atoms with Crippen LogP contribution in [-0.2, 0) is 10.2 Å². The lowest BCUT2D eigenvalue weighted by molar-refractivity contribution is -0.384. The van der Waals surface area contributed by atoms with Gasteiger partial charge in [0.2, 0.25) is 5.91 Å². The second-order valence-electron chi connectivity index (χ2n) is 7.37. The molecule has 7 heteroatoms. The molecule has 2 fully saturated rings. The first kappa shape index (κ1) is 19.3. The van der Waals surface area contributed by atoms with Gasteiger partial charge in [0.25, 0.3) is 5.69 Å². The Bertz CT molecular complexity index is 880. The van der Waals surface area contributed by atoms with Crippen molar-refractivity contribution in [1.82, 2.24) is 4.90 Å². The van der Waals surface area contributed by atoms with Gasteiger partial charge in [0, 0.05) is 29.5 Å². The molecule has 4 rings (SSSR count). The Morgan fingerprint density at radius 1 is 1.11 bits per heavy atom. The van der Waals surface area contributed by atoms with Crippen molar-refractivity contribution in [3.8, 4) is 0 Å². The van der Waals surface area contributed by atoms with Crippen molar-refractivity contribution < 1.29 is 9.72 Å². The van der Waals surface area contributed by atoms with Crippen LogP contribution in [0.3, 0.4) is 0 Å². The Labute approximate surface area is 173 Å². The molecular formula is C21H21ClN2O3S. The Morgan fingerprint density at radius 3 is 2.36 bits per heavy atom. The number of non-ortho nitro benzene ring substituents is 1. The lowest BCUT2D eigenvalue weighted by Crippen LogP contribution is -2.45. The fourth-order valence-electron chi connectivity index (χ4n) is 4.36. The molecule has 1 amide bonds. The van der Waals surface area contributed by atoms with E-state index in [1.807, 2.05) is 29.2 Å². The number of rotatable bonds is 4. The second kappa shape index (κ2) is 7.76. The van der Waals surface area contributed by atoms with Crippen molar-refractivity contribution in [2.75, 3.05) is 12.3 Å². The van der Waals surface area contributed by atoms with E-state index in [-0.39, 0.29) is 17.0 Å². The van der Waals surface area contributed by atoms with Crippen molar-refractivity contribution in [2.24, 2.45) is 0 Å². The normalized spacial score (nSPS) is 21.0. The minimum Gasteiger partial charge on any atom is -0.325 e. The number of hydrogen-bond acceptors (Lipinski definition) is 4. The molecule has 0 bridgehead atoms. The van der Waals surface area contributed by atoms with Crippen LogP contribution in [0.5, 0.6) is 0 Å². The topological polar surface area (TPSA) is 63.5 Å². The molecule has 146 valence electrons. The van der Waals surface area contributed by atoms with Crippen molar-refractivity contribution in [1.29, 1.82) is 0 Å². The number of halogens is 1. The molecule has 0 radical (unpaired) electrons. The van der Waals surface area contributed by atoms with Gasteiger partial charge in [-0.2, -0.15) is 0 Å². The molecule has 0 N–H and O–H groups in total. The molecule has 1 saturated heterocycles. The third kappa shape index (κ3) is 3.40. The van der Waals surface area contributed by atoms with Crippen LogP contribution in [0.2, 0.25) is 5.02 Å². The molecule has 1 atom stereocenters. The minimum absolute atomic E-state index is 0.0676. The summed E-state index contributed by atoms with van der Waals surface area (Å²) in [4.78, 5) is 26.3. The summed E-state index contributed by atoms with van der Waals surface area (Å²) in [5.41, 5.74) is 1.55. The average Bonchev–Trinajstić information content (AvgIpc) is 3.38. The zero-order valence-electron chi connectivity index (χ0n) is 15.3. The zero-order chi connectivity index (χ0) is 19.7. The Balaban J connectivity index is 1.64. The highest BCUT2D eigenvalue weighted by Crippen LogP contribution is 2.47. The minimum atomic E-state index is -0.492. The summed E-state index contributed by atoms with van der Waals surface area (Å²) in [6.45, 7) is 0.695. The highest BCUT2D eigenvalue weighted by atomic mass is 35.5. The molecule has 2 aromatic rings. The molecule has 1 aliphatic heterocycles. The predicted octanol–water partition coefficient (Wildman–Crippen LogP) is 5.33. The maximum atomic E-state index is 13.8. The molecule has 1 heterocycles. The quantitative estimate of drug-likeness (QED) is 0.498. The van der Waals surface area contributed by atoms with Gasteiger partial charge in [-0.05, 0) is 48.2 Å². The first-order valence-electron chi connectivity index (χ1n) is 9.44. The van der Waals surface area contributed by atoms with Crippen molar-refractivity contribution in [3.63, 3.8) is 0 Å². The first-order valence-corrected chi connectivity index (χ1v) is 10.9. The van der Waals surface area contributed by atoms with Gasteiger partial charge in [0.1, 0.15) is 5.37 Å². The van der Waals surface area contributed by atoms with Gasteiger partial charge in [-0.1, -0.05) is 36.6 Å². The maximum Gasteiger partial charge on any atom is 0.269 e. The molecule has 5 nitrogen and oxygen atoms in total. The van der Waals surface area contributed by atoms with E-state index in [0.29, 0.717) is 11.6 Å².